The zero-order valence-corrected chi connectivity index (χ0v) is 14.6. The van der Waals surface area contributed by atoms with Gasteiger partial charge in [0, 0.05) is 11.3 Å². The molecule has 4 heteroatoms. The summed E-state index contributed by atoms with van der Waals surface area (Å²) in [4.78, 5) is 28.8. The van der Waals surface area contributed by atoms with Crippen molar-refractivity contribution in [3.05, 3.63) is 63.5 Å². The second kappa shape index (κ2) is 6.19. The molecule has 1 aromatic heterocycles. The summed E-state index contributed by atoms with van der Waals surface area (Å²) in [7, 11) is 0. The fraction of sp³-hybridized carbons (Fsp3) is 0.350. The Morgan fingerprint density at radius 1 is 1.12 bits per heavy atom. The average Bonchev–Trinajstić information content (AvgIpc) is 2.91. The van der Waals surface area contributed by atoms with Crippen LogP contribution in [-0.4, -0.2) is 16.7 Å². The van der Waals surface area contributed by atoms with E-state index in [1.165, 1.54) is 23.6 Å². The third-order valence-corrected chi connectivity index (χ3v) is 4.84. The topological polar surface area (TPSA) is 59.1 Å². The maximum Gasteiger partial charge on any atom is 0.253 e. The molecule has 1 aromatic carbocycles. The molecule has 0 saturated carbocycles. The van der Waals surface area contributed by atoms with Crippen LogP contribution in [0.1, 0.15) is 68.2 Å². The smallest absolute Gasteiger partial charge is 0.253 e. The number of fused-ring (bicyclic) bond motifs is 1. The molecular weight excluding hydrogens is 300 g/mol. The minimum atomic E-state index is -0.165. The van der Waals surface area contributed by atoms with Crippen molar-refractivity contribution < 1.29 is 9.59 Å². The third kappa shape index (κ3) is 2.84. The van der Waals surface area contributed by atoms with Gasteiger partial charge in [-0.2, -0.15) is 0 Å². The highest BCUT2D eigenvalue weighted by molar-refractivity contribution is 6.00. The highest BCUT2D eigenvalue weighted by atomic mass is 16.1. The number of hydrogen-bond acceptors (Lipinski definition) is 3. The standard InChI is InChI=1S/C20H22N2O2/c1-11-6-5-7-16-15(11)8-9-19(16)22-20(24)18-10-17(14(4)23)12(2)21-13(18)3/h5-7,10,19H,8-9H2,1-4H3,(H,22,24). The van der Waals surface area contributed by atoms with E-state index in [2.05, 4.69) is 29.4 Å². The Kier molecular flexibility index (Phi) is 4.22. The number of pyridine rings is 1. The first kappa shape index (κ1) is 16.4. The minimum Gasteiger partial charge on any atom is -0.345 e. The molecule has 1 N–H and O–H groups in total. The maximum absolute atomic E-state index is 12.7. The number of aryl methyl sites for hydroxylation is 3. The summed E-state index contributed by atoms with van der Waals surface area (Å²) in [5, 5.41) is 3.11. The van der Waals surface area contributed by atoms with Crippen LogP contribution in [0.3, 0.4) is 0 Å². The van der Waals surface area contributed by atoms with E-state index >= 15 is 0 Å². The zero-order valence-electron chi connectivity index (χ0n) is 14.6. The first-order chi connectivity index (χ1) is 11.4. The summed E-state index contributed by atoms with van der Waals surface area (Å²) in [5.74, 6) is -0.238. The summed E-state index contributed by atoms with van der Waals surface area (Å²) >= 11 is 0. The molecule has 0 aliphatic heterocycles. The van der Waals surface area contributed by atoms with Crippen molar-refractivity contribution in [2.75, 3.05) is 0 Å². The van der Waals surface area contributed by atoms with E-state index in [0.29, 0.717) is 22.5 Å². The van der Waals surface area contributed by atoms with Crippen LogP contribution in [0.5, 0.6) is 0 Å². The molecule has 0 spiro atoms. The molecule has 1 amide bonds. The normalized spacial score (nSPS) is 15.9. The lowest BCUT2D eigenvalue weighted by atomic mass is 10.0. The summed E-state index contributed by atoms with van der Waals surface area (Å²) < 4.78 is 0. The Balaban J connectivity index is 1.89. The number of ketones is 1. The van der Waals surface area contributed by atoms with Crippen molar-refractivity contribution in [3.63, 3.8) is 0 Å². The van der Waals surface area contributed by atoms with E-state index in [9.17, 15) is 9.59 Å². The number of aromatic nitrogens is 1. The molecule has 1 aliphatic carbocycles. The quantitative estimate of drug-likeness (QED) is 0.878. The van der Waals surface area contributed by atoms with Gasteiger partial charge in [0.15, 0.2) is 5.78 Å². The zero-order chi connectivity index (χ0) is 17.4. The summed E-state index contributed by atoms with van der Waals surface area (Å²) in [6.07, 6.45) is 1.89. The number of rotatable bonds is 3. The largest absolute Gasteiger partial charge is 0.345 e. The molecule has 1 atom stereocenters. The highest BCUT2D eigenvalue weighted by Crippen LogP contribution is 2.33. The molecule has 0 bridgehead atoms. The Morgan fingerprint density at radius 3 is 2.54 bits per heavy atom. The van der Waals surface area contributed by atoms with Crippen LogP contribution in [0.25, 0.3) is 0 Å². The number of hydrogen-bond donors (Lipinski definition) is 1. The molecule has 0 fully saturated rings. The molecule has 3 rings (SSSR count). The fourth-order valence-corrected chi connectivity index (χ4v) is 3.53. The van der Waals surface area contributed by atoms with Crippen LogP contribution in [0.4, 0.5) is 0 Å². The first-order valence-electron chi connectivity index (χ1n) is 8.27. The lowest BCUT2D eigenvalue weighted by Gasteiger charge is -2.16. The number of carbonyl (C=O) groups is 2. The van der Waals surface area contributed by atoms with E-state index in [1.807, 2.05) is 6.07 Å². The van der Waals surface area contributed by atoms with E-state index in [4.69, 9.17) is 0 Å². The van der Waals surface area contributed by atoms with Gasteiger partial charge in [-0.15, -0.1) is 0 Å². The third-order valence-electron chi connectivity index (χ3n) is 4.84. The van der Waals surface area contributed by atoms with Crippen LogP contribution in [0.15, 0.2) is 24.3 Å². The number of nitrogens with one attached hydrogen (secondary N) is 1. The summed E-state index contributed by atoms with van der Waals surface area (Å²) in [5.41, 5.74) is 6.12. The fourth-order valence-electron chi connectivity index (χ4n) is 3.53. The Labute approximate surface area is 142 Å². The number of amides is 1. The van der Waals surface area contributed by atoms with Crippen molar-refractivity contribution in [2.24, 2.45) is 0 Å². The van der Waals surface area contributed by atoms with Gasteiger partial charge in [0.25, 0.3) is 5.91 Å². The number of nitrogens with zero attached hydrogens (tertiary/aromatic N) is 1. The Bertz CT molecular complexity index is 840. The number of Topliss-reactive ketones (excluding diaryl/α,β-unsaturated/α-hetero) is 1. The van der Waals surface area contributed by atoms with Gasteiger partial charge in [0.05, 0.1) is 17.3 Å². The molecule has 1 heterocycles. The summed E-state index contributed by atoms with van der Waals surface area (Å²) in [6.45, 7) is 7.20. The molecule has 2 aromatic rings. The van der Waals surface area contributed by atoms with Crippen LogP contribution in [0.2, 0.25) is 0 Å². The van der Waals surface area contributed by atoms with Crippen LogP contribution in [-0.2, 0) is 6.42 Å². The van der Waals surface area contributed by atoms with Gasteiger partial charge < -0.3 is 5.32 Å². The van der Waals surface area contributed by atoms with Crippen molar-refractivity contribution in [1.82, 2.24) is 10.3 Å². The van der Waals surface area contributed by atoms with E-state index in [-0.39, 0.29) is 17.7 Å². The Hall–Kier alpha value is -2.49. The molecule has 1 unspecified atom stereocenters. The number of carbonyl (C=O) groups excluding carboxylic acids is 2. The monoisotopic (exact) mass is 322 g/mol. The van der Waals surface area contributed by atoms with Gasteiger partial charge >= 0.3 is 0 Å². The van der Waals surface area contributed by atoms with Gasteiger partial charge in [-0.1, -0.05) is 18.2 Å². The van der Waals surface area contributed by atoms with E-state index in [1.54, 1.807) is 19.9 Å². The average molecular weight is 322 g/mol. The summed E-state index contributed by atoms with van der Waals surface area (Å²) in [6, 6.07) is 7.92. The van der Waals surface area contributed by atoms with Crippen LogP contribution in [0, 0.1) is 20.8 Å². The van der Waals surface area contributed by atoms with Gasteiger partial charge in [-0.25, -0.2) is 0 Å². The molecule has 0 saturated heterocycles. The molecule has 124 valence electrons. The molecule has 4 nitrogen and oxygen atoms in total. The maximum atomic E-state index is 12.7. The van der Waals surface area contributed by atoms with Crippen molar-refractivity contribution in [1.29, 1.82) is 0 Å². The number of benzene rings is 1. The molecular formula is C20H22N2O2. The van der Waals surface area contributed by atoms with Gasteiger partial charge in [0.2, 0.25) is 0 Å². The van der Waals surface area contributed by atoms with Crippen molar-refractivity contribution in [3.8, 4) is 0 Å². The van der Waals surface area contributed by atoms with Gasteiger partial charge in [-0.3, -0.25) is 14.6 Å². The van der Waals surface area contributed by atoms with E-state index < -0.39 is 0 Å². The van der Waals surface area contributed by atoms with E-state index in [0.717, 1.165) is 12.8 Å². The van der Waals surface area contributed by atoms with Gasteiger partial charge in [-0.05, 0) is 63.3 Å². The predicted molar refractivity (Wildman–Crippen MR) is 93.4 cm³/mol. The lowest BCUT2D eigenvalue weighted by Crippen LogP contribution is -2.28. The van der Waals surface area contributed by atoms with Crippen LogP contribution >= 0.6 is 0 Å². The Morgan fingerprint density at radius 2 is 1.83 bits per heavy atom. The molecule has 1 aliphatic rings. The first-order valence-corrected chi connectivity index (χ1v) is 8.27. The molecule has 24 heavy (non-hydrogen) atoms. The van der Waals surface area contributed by atoms with Gasteiger partial charge in [0.1, 0.15) is 0 Å². The predicted octanol–water partition coefficient (Wildman–Crippen LogP) is 3.63. The minimum absolute atomic E-state index is 0.0221. The second-order valence-electron chi connectivity index (χ2n) is 6.52. The highest BCUT2D eigenvalue weighted by Gasteiger charge is 2.26. The van der Waals surface area contributed by atoms with Crippen molar-refractivity contribution in [2.45, 2.75) is 46.6 Å². The van der Waals surface area contributed by atoms with Crippen molar-refractivity contribution >= 4 is 11.7 Å². The lowest BCUT2D eigenvalue weighted by molar-refractivity contribution is 0.0935. The second-order valence-corrected chi connectivity index (χ2v) is 6.52. The molecule has 0 radical (unpaired) electrons. The van der Waals surface area contributed by atoms with Crippen LogP contribution < -0.4 is 5.32 Å². The SMILES string of the molecule is CC(=O)c1cc(C(=O)NC2CCc3c(C)cccc32)c(C)nc1C.